The van der Waals surface area contributed by atoms with Gasteiger partial charge in [0.1, 0.15) is 5.75 Å². The molecule has 2 aliphatic heterocycles. The highest BCUT2D eigenvalue weighted by Gasteiger charge is 2.49. The topological polar surface area (TPSA) is 62.7 Å². The first-order chi connectivity index (χ1) is 19.4. The van der Waals surface area contributed by atoms with Crippen LogP contribution in [0.3, 0.4) is 0 Å². The molecule has 5 rings (SSSR count). The summed E-state index contributed by atoms with van der Waals surface area (Å²) in [4.78, 5) is 33.9. The summed E-state index contributed by atoms with van der Waals surface area (Å²) in [6.07, 6.45) is -6.74. The molecule has 2 aliphatic rings. The molecular formula is C29H25F6N3O3. The van der Waals surface area contributed by atoms with Crippen LogP contribution in [0.15, 0.2) is 67.0 Å². The van der Waals surface area contributed by atoms with Gasteiger partial charge in [-0.3, -0.25) is 14.6 Å². The molecule has 1 saturated heterocycles. The Morgan fingerprint density at radius 1 is 0.854 bits per heavy atom. The largest absolute Gasteiger partial charge is 0.476 e. The number of piperidine rings is 1. The Balaban J connectivity index is 1.48. The van der Waals surface area contributed by atoms with E-state index >= 15 is 0 Å². The Bertz CT molecular complexity index is 1440. The molecule has 0 spiro atoms. The standard InChI is InChI=1S/C29H25F6N3O3/c30-28(31,32)21-6-8-22(9-7-21)41-27(26(40)37-15-11-19-4-1-2-5-20(19)17-37)12-3-14-38(18-27)25(39)23-16-36-13-10-24(23)29(33,34)35/h1-2,4-10,13,16H,3,11-12,14-15,17-18H2. The Morgan fingerprint density at radius 3 is 2.24 bits per heavy atom. The van der Waals surface area contributed by atoms with E-state index in [1.54, 1.807) is 4.90 Å². The van der Waals surface area contributed by atoms with Crippen molar-refractivity contribution in [2.24, 2.45) is 0 Å². The van der Waals surface area contributed by atoms with Crippen molar-refractivity contribution in [2.75, 3.05) is 19.6 Å². The van der Waals surface area contributed by atoms with Crippen LogP contribution in [0.2, 0.25) is 0 Å². The first-order valence-corrected chi connectivity index (χ1v) is 12.9. The summed E-state index contributed by atoms with van der Waals surface area (Å²) in [5, 5.41) is 0. The number of halogens is 6. The van der Waals surface area contributed by atoms with Crippen LogP contribution in [0, 0.1) is 0 Å². The van der Waals surface area contributed by atoms with Gasteiger partial charge in [-0.1, -0.05) is 24.3 Å². The van der Waals surface area contributed by atoms with E-state index in [9.17, 15) is 35.9 Å². The van der Waals surface area contributed by atoms with E-state index in [4.69, 9.17) is 4.74 Å². The number of nitrogens with zero attached hydrogens (tertiary/aromatic N) is 3. The minimum absolute atomic E-state index is 0.0320. The van der Waals surface area contributed by atoms with Gasteiger partial charge in [-0.15, -0.1) is 0 Å². The van der Waals surface area contributed by atoms with Gasteiger partial charge in [0.05, 0.1) is 23.2 Å². The molecule has 216 valence electrons. The minimum atomic E-state index is -4.81. The van der Waals surface area contributed by atoms with Gasteiger partial charge in [0.2, 0.25) is 5.60 Å². The zero-order valence-corrected chi connectivity index (χ0v) is 21.6. The summed E-state index contributed by atoms with van der Waals surface area (Å²) >= 11 is 0. The Labute approximate surface area is 231 Å². The van der Waals surface area contributed by atoms with Crippen molar-refractivity contribution in [3.05, 3.63) is 94.8 Å². The summed E-state index contributed by atoms with van der Waals surface area (Å²) in [5.41, 5.74) is -2.47. The molecule has 3 aromatic rings. The summed E-state index contributed by atoms with van der Waals surface area (Å²) in [5.74, 6) is -1.50. The van der Waals surface area contributed by atoms with Gasteiger partial charge in [0.15, 0.2) is 0 Å². The van der Waals surface area contributed by atoms with Crippen molar-refractivity contribution < 1.29 is 40.7 Å². The second-order valence-electron chi connectivity index (χ2n) is 10.1. The SMILES string of the molecule is O=C(c1cnccc1C(F)(F)F)N1CCCC(Oc2ccc(C(F)(F)F)cc2)(C(=O)N2CCc3ccccc3C2)C1. The number of carbonyl (C=O) groups excluding carboxylic acids is 2. The predicted molar refractivity (Wildman–Crippen MR) is 135 cm³/mol. The molecule has 0 radical (unpaired) electrons. The van der Waals surface area contributed by atoms with Crippen LogP contribution in [0.4, 0.5) is 26.3 Å². The third kappa shape index (κ3) is 5.86. The average molecular weight is 578 g/mol. The van der Waals surface area contributed by atoms with Crippen LogP contribution in [-0.4, -0.2) is 51.8 Å². The van der Waals surface area contributed by atoms with Crippen LogP contribution in [0.5, 0.6) is 5.75 Å². The van der Waals surface area contributed by atoms with E-state index in [-0.39, 0.29) is 31.7 Å². The van der Waals surface area contributed by atoms with Gasteiger partial charge in [0.25, 0.3) is 11.8 Å². The average Bonchev–Trinajstić information content (AvgIpc) is 2.95. The second-order valence-corrected chi connectivity index (χ2v) is 10.1. The van der Waals surface area contributed by atoms with Gasteiger partial charge in [-0.05, 0) is 60.7 Å². The summed E-state index contributed by atoms with van der Waals surface area (Å²) in [6.45, 7) is 0.250. The molecule has 0 saturated carbocycles. The van der Waals surface area contributed by atoms with Crippen molar-refractivity contribution in [1.82, 2.24) is 14.8 Å². The summed E-state index contributed by atoms with van der Waals surface area (Å²) < 4.78 is 86.5. The summed E-state index contributed by atoms with van der Waals surface area (Å²) in [6, 6.07) is 12.1. The van der Waals surface area contributed by atoms with Crippen molar-refractivity contribution in [3.8, 4) is 5.75 Å². The molecule has 3 heterocycles. The number of carbonyl (C=O) groups is 2. The number of pyridine rings is 1. The summed E-state index contributed by atoms with van der Waals surface area (Å²) in [7, 11) is 0. The number of fused-ring (bicyclic) bond motifs is 1. The molecule has 1 atom stereocenters. The van der Waals surface area contributed by atoms with Gasteiger partial charge in [-0.2, -0.15) is 26.3 Å². The lowest BCUT2D eigenvalue weighted by Gasteiger charge is -2.44. The van der Waals surface area contributed by atoms with E-state index in [1.165, 1.54) is 0 Å². The molecule has 1 unspecified atom stereocenters. The van der Waals surface area contributed by atoms with Gasteiger partial charge in [-0.25, -0.2) is 0 Å². The fraction of sp³-hybridized carbons (Fsp3) is 0.345. The van der Waals surface area contributed by atoms with Crippen LogP contribution < -0.4 is 4.74 Å². The molecule has 1 aromatic heterocycles. The third-order valence-electron chi connectivity index (χ3n) is 7.40. The third-order valence-corrected chi connectivity index (χ3v) is 7.40. The number of hydrogen-bond acceptors (Lipinski definition) is 4. The number of hydrogen-bond donors (Lipinski definition) is 0. The second kappa shape index (κ2) is 10.7. The van der Waals surface area contributed by atoms with E-state index in [2.05, 4.69) is 4.98 Å². The maximum atomic E-state index is 14.1. The van der Waals surface area contributed by atoms with Crippen molar-refractivity contribution in [1.29, 1.82) is 0 Å². The molecule has 6 nitrogen and oxygen atoms in total. The fourth-order valence-corrected chi connectivity index (χ4v) is 5.37. The van der Waals surface area contributed by atoms with E-state index < -0.39 is 53.0 Å². The van der Waals surface area contributed by atoms with Gasteiger partial charge < -0.3 is 14.5 Å². The Kier molecular flexibility index (Phi) is 7.43. The maximum absolute atomic E-state index is 14.1. The first-order valence-electron chi connectivity index (χ1n) is 12.9. The normalized spacial score (nSPS) is 19.5. The van der Waals surface area contributed by atoms with E-state index in [0.717, 1.165) is 52.7 Å². The van der Waals surface area contributed by atoms with Crippen molar-refractivity contribution >= 4 is 11.8 Å². The smallest absolute Gasteiger partial charge is 0.417 e. The number of benzene rings is 2. The Hall–Kier alpha value is -4.09. The van der Waals surface area contributed by atoms with Crippen molar-refractivity contribution in [2.45, 2.75) is 43.8 Å². The Morgan fingerprint density at radius 2 is 1.56 bits per heavy atom. The molecule has 0 N–H and O–H groups in total. The number of rotatable bonds is 4. The highest BCUT2D eigenvalue weighted by Crippen LogP contribution is 2.36. The number of aromatic nitrogens is 1. The van der Waals surface area contributed by atoms with E-state index in [1.807, 2.05) is 24.3 Å². The molecule has 0 bridgehead atoms. The van der Waals surface area contributed by atoms with Gasteiger partial charge in [0, 0.05) is 32.0 Å². The number of likely N-dealkylation sites (tertiary alicyclic amines) is 1. The number of alkyl halides is 6. The fourth-order valence-electron chi connectivity index (χ4n) is 5.37. The lowest BCUT2D eigenvalue weighted by Crippen LogP contribution is -2.62. The van der Waals surface area contributed by atoms with E-state index in [0.29, 0.717) is 19.0 Å². The predicted octanol–water partition coefficient (Wildman–Crippen LogP) is 5.76. The maximum Gasteiger partial charge on any atom is 0.417 e. The lowest BCUT2D eigenvalue weighted by atomic mass is 9.88. The van der Waals surface area contributed by atoms with Crippen LogP contribution >= 0.6 is 0 Å². The van der Waals surface area contributed by atoms with Gasteiger partial charge >= 0.3 is 12.4 Å². The molecular weight excluding hydrogens is 552 g/mol. The minimum Gasteiger partial charge on any atom is -0.476 e. The van der Waals surface area contributed by atoms with Crippen molar-refractivity contribution in [3.63, 3.8) is 0 Å². The molecule has 2 amide bonds. The molecule has 1 fully saturated rings. The van der Waals surface area contributed by atoms with Crippen LogP contribution in [-0.2, 0) is 30.1 Å². The lowest BCUT2D eigenvalue weighted by molar-refractivity contribution is -0.153. The van der Waals surface area contributed by atoms with Crippen LogP contribution in [0.1, 0.15) is 45.5 Å². The highest BCUT2D eigenvalue weighted by molar-refractivity contribution is 5.96. The quantitative estimate of drug-likeness (QED) is 0.370. The number of amides is 2. The first kappa shape index (κ1) is 28.4. The molecule has 2 aromatic carbocycles. The van der Waals surface area contributed by atoms with Crippen LogP contribution in [0.25, 0.3) is 0 Å². The molecule has 12 heteroatoms. The number of ether oxygens (including phenoxy) is 1. The highest BCUT2D eigenvalue weighted by atomic mass is 19.4. The molecule has 41 heavy (non-hydrogen) atoms. The molecule has 0 aliphatic carbocycles. The zero-order chi connectivity index (χ0) is 29.4. The monoisotopic (exact) mass is 577 g/mol. The zero-order valence-electron chi connectivity index (χ0n) is 21.6.